The zero-order valence-corrected chi connectivity index (χ0v) is 12.2. The Bertz CT molecular complexity index is 700. The standard InChI is InChI=1S/C11H10ClFN2O2S2/c1-19(16,17)10-3-2-7(13)4-9(10)14-5-8-6-15-11(12)18-8/h2-4,6,14H,5H2,1H3. The van der Waals surface area contributed by atoms with Crippen LogP contribution in [0.25, 0.3) is 0 Å². The average molecular weight is 321 g/mol. The molecule has 102 valence electrons. The second-order valence-electron chi connectivity index (χ2n) is 3.85. The fourth-order valence-electron chi connectivity index (χ4n) is 1.51. The first-order chi connectivity index (χ1) is 8.86. The summed E-state index contributed by atoms with van der Waals surface area (Å²) in [6, 6.07) is 3.51. The monoisotopic (exact) mass is 320 g/mol. The van der Waals surface area contributed by atoms with Gasteiger partial charge in [0.25, 0.3) is 0 Å². The molecule has 0 saturated heterocycles. The van der Waals surface area contributed by atoms with E-state index in [1.165, 1.54) is 17.4 Å². The summed E-state index contributed by atoms with van der Waals surface area (Å²) in [4.78, 5) is 4.76. The summed E-state index contributed by atoms with van der Waals surface area (Å²) in [6.07, 6.45) is 2.66. The minimum atomic E-state index is -3.42. The van der Waals surface area contributed by atoms with E-state index in [2.05, 4.69) is 10.3 Å². The van der Waals surface area contributed by atoms with Gasteiger partial charge in [-0.15, -0.1) is 11.3 Å². The summed E-state index contributed by atoms with van der Waals surface area (Å²) in [7, 11) is -3.42. The van der Waals surface area contributed by atoms with Crippen LogP contribution in [0, 0.1) is 5.82 Å². The van der Waals surface area contributed by atoms with Gasteiger partial charge in [0, 0.05) is 17.3 Å². The number of anilines is 1. The van der Waals surface area contributed by atoms with Crippen molar-refractivity contribution >= 4 is 38.5 Å². The fourth-order valence-corrected chi connectivity index (χ4v) is 3.27. The summed E-state index contributed by atoms with van der Waals surface area (Å²) < 4.78 is 36.8. The van der Waals surface area contributed by atoms with Gasteiger partial charge in [0.05, 0.1) is 17.1 Å². The first-order valence-corrected chi connectivity index (χ1v) is 8.28. The van der Waals surface area contributed by atoms with Crippen LogP contribution in [0.1, 0.15) is 4.88 Å². The molecule has 0 unspecified atom stereocenters. The highest BCUT2D eigenvalue weighted by Gasteiger charge is 2.14. The maximum atomic E-state index is 13.2. The number of nitrogens with one attached hydrogen (secondary N) is 1. The summed E-state index contributed by atoms with van der Waals surface area (Å²) in [6.45, 7) is 0.330. The Labute approximate surface area is 119 Å². The predicted octanol–water partition coefficient (Wildman–Crippen LogP) is 2.95. The predicted molar refractivity (Wildman–Crippen MR) is 74.0 cm³/mol. The molecule has 4 nitrogen and oxygen atoms in total. The lowest BCUT2D eigenvalue weighted by Gasteiger charge is -2.10. The Morgan fingerprint density at radius 1 is 1.47 bits per heavy atom. The second-order valence-corrected chi connectivity index (χ2v) is 7.53. The highest BCUT2D eigenvalue weighted by molar-refractivity contribution is 7.90. The van der Waals surface area contributed by atoms with E-state index in [1.807, 2.05) is 0 Å². The normalized spacial score (nSPS) is 11.5. The smallest absolute Gasteiger partial charge is 0.183 e. The molecule has 19 heavy (non-hydrogen) atoms. The summed E-state index contributed by atoms with van der Waals surface area (Å²) >= 11 is 6.97. The number of thiazole rings is 1. The topological polar surface area (TPSA) is 59.1 Å². The van der Waals surface area contributed by atoms with Crippen molar-refractivity contribution in [3.05, 3.63) is 39.6 Å². The van der Waals surface area contributed by atoms with E-state index in [0.29, 0.717) is 11.0 Å². The van der Waals surface area contributed by atoms with Crippen LogP contribution in [-0.4, -0.2) is 19.7 Å². The van der Waals surface area contributed by atoms with E-state index in [9.17, 15) is 12.8 Å². The summed E-state index contributed by atoms with van der Waals surface area (Å²) in [5.41, 5.74) is 0.229. The first-order valence-electron chi connectivity index (χ1n) is 5.20. The van der Waals surface area contributed by atoms with Crippen molar-refractivity contribution in [1.82, 2.24) is 4.98 Å². The van der Waals surface area contributed by atoms with E-state index in [4.69, 9.17) is 11.6 Å². The lowest BCUT2D eigenvalue weighted by molar-refractivity contribution is 0.600. The number of benzene rings is 1. The van der Waals surface area contributed by atoms with Crippen LogP contribution < -0.4 is 5.32 Å². The second kappa shape index (κ2) is 5.44. The van der Waals surface area contributed by atoms with Crippen LogP contribution in [0.15, 0.2) is 29.3 Å². The number of hydrogen-bond acceptors (Lipinski definition) is 5. The summed E-state index contributed by atoms with van der Waals surface area (Å²) in [5, 5.41) is 2.88. The van der Waals surface area contributed by atoms with Crippen molar-refractivity contribution in [3.8, 4) is 0 Å². The number of halogens is 2. The molecule has 0 atom stereocenters. The van der Waals surface area contributed by atoms with Gasteiger partial charge in [-0.3, -0.25) is 0 Å². The van der Waals surface area contributed by atoms with E-state index < -0.39 is 15.7 Å². The Morgan fingerprint density at radius 2 is 2.21 bits per heavy atom. The number of hydrogen-bond donors (Lipinski definition) is 1. The molecule has 0 aliphatic rings. The van der Waals surface area contributed by atoms with Crippen LogP contribution in [-0.2, 0) is 16.4 Å². The lowest BCUT2D eigenvalue weighted by atomic mass is 10.3. The zero-order valence-electron chi connectivity index (χ0n) is 9.85. The first kappa shape index (κ1) is 14.2. The summed E-state index contributed by atoms with van der Waals surface area (Å²) in [5.74, 6) is -0.503. The van der Waals surface area contributed by atoms with Crippen molar-refractivity contribution < 1.29 is 12.8 Å². The Hall–Kier alpha value is -1.18. The van der Waals surface area contributed by atoms with Crippen LogP contribution >= 0.6 is 22.9 Å². The number of nitrogens with zero attached hydrogens (tertiary/aromatic N) is 1. The molecule has 0 saturated carbocycles. The highest BCUT2D eigenvalue weighted by atomic mass is 35.5. The van der Waals surface area contributed by atoms with Gasteiger partial charge in [-0.1, -0.05) is 11.6 Å². The molecular weight excluding hydrogens is 311 g/mol. The van der Waals surface area contributed by atoms with E-state index in [1.54, 1.807) is 6.20 Å². The van der Waals surface area contributed by atoms with Gasteiger partial charge in [0.2, 0.25) is 0 Å². The molecule has 1 N–H and O–H groups in total. The van der Waals surface area contributed by atoms with Crippen LogP contribution in [0.5, 0.6) is 0 Å². The van der Waals surface area contributed by atoms with Crippen LogP contribution in [0.4, 0.5) is 10.1 Å². The van der Waals surface area contributed by atoms with Crippen molar-refractivity contribution in [2.24, 2.45) is 0 Å². The van der Waals surface area contributed by atoms with Gasteiger partial charge >= 0.3 is 0 Å². The SMILES string of the molecule is CS(=O)(=O)c1ccc(F)cc1NCc1cnc(Cl)s1. The highest BCUT2D eigenvalue weighted by Crippen LogP contribution is 2.24. The van der Waals surface area contributed by atoms with Crippen LogP contribution in [0.3, 0.4) is 0 Å². The van der Waals surface area contributed by atoms with E-state index >= 15 is 0 Å². The maximum absolute atomic E-state index is 13.2. The Morgan fingerprint density at radius 3 is 2.79 bits per heavy atom. The van der Waals surface area contributed by atoms with Gasteiger partial charge in [-0.05, 0) is 18.2 Å². The maximum Gasteiger partial charge on any atom is 0.183 e. The van der Waals surface area contributed by atoms with Gasteiger partial charge in [0.15, 0.2) is 14.3 Å². The van der Waals surface area contributed by atoms with Crippen molar-refractivity contribution in [2.75, 3.05) is 11.6 Å². The van der Waals surface area contributed by atoms with Crippen molar-refractivity contribution in [2.45, 2.75) is 11.4 Å². The van der Waals surface area contributed by atoms with Crippen molar-refractivity contribution in [3.63, 3.8) is 0 Å². The lowest BCUT2D eigenvalue weighted by Crippen LogP contribution is -2.06. The number of aromatic nitrogens is 1. The number of rotatable bonds is 4. The third-order valence-electron chi connectivity index (χ3n) is 2.32. The van der Waals surface area contributed by atoms with Crippen LogP contribution in [0.2, 0.25) is 4.47 Å². The third kappa shape index (κ3) is 3.65. The quantitative estimate of drug-likeness (QED) is 0.880. The molecule has 2 rings (SSSR count). The van der Waals surface area contributed by atoms with Crippen molar-refractivity contribution in [1.29, 1.82) is 0 Å². The Kier molecular flexibility index (Phi) is 4.07. The van der Waals surface area contributed by atoms with Gasteiger partial charge in [-0.2, -0.15) is 0 Å². The van der Waals surface area contributed by atoms with Gasteiger partial charge in [0.1, 0.15) is 5.82 Å². The van der Waals surface area contributed by atoms with Gasteiger partial charge < -0.3 is 5.32 Å². The molecule has 0 aliphatic heterocycles. The van der Waals surface area contributed by atoms with E-state index in [-0.39, 0.29) is 10.6 Å². The Balaban J connectivity index is 2.26. The largest absolute Gasteiger partial charge is 0.379 e. The molecule has 0 bridgehead atoms. The molecule has 0 aliphatic carbocycles. The van der Waals surface area contributed by atoms with Gasteiger partial charge in [-0.25, -0.2) is 17.8 Å². The molecule has 2 aromatic rings. The molecule has 1 heterocycles. The fraction of sp³-hybridized carbons (Fsp3) is 0.182. The zero-order chi connectivity index (χ0) is 14.0. The molecule has 8 heteroatoms. The molecular formula is C11H10ClFN2O2S2. The molecule has 1 aromatic carbocycles. The molecule has 0 spiro atoms. The minimum absolute atomic E-state index is 0.0597. The minimum Gasteiger partial charge on any atom is -0.379 e. The average Bonchev–Trinajstić information content (AvgIpc) is 2.71. The molecule has 0 radical (unpaired) electrons. The van der Waals surface area contributed by atoms with E-state index in [0.717, 1.165) is 23.3 Å². The number of sulfone groups is 1. The third-order valence-corrected chi connectivity index (χ3v) is 4.59. The molecule has 0 amide bonds. The molecule has 1 aromatic heterocycles. The molecule has 0 fully saturated rings.